The van der Waals surface area contributed by atoms with Gasteiger partial charge in [0.15, 0.2) is 0 Å². The molecule has 0 saturated carbocycles. The van der Waals surface area contributed by atoms with Crippen molar-refractivity contribution in [2.24, 2.45) is 0 Å². The zero-order valence-corrected chi connectivity index (χ0v) is 21.5. The van der Waals surface area contributed by atoms with Gasteiger partial charge in [0.05, 0.1) is 58.7 Å². The lowest BCUT2D eigenvalue weighted by Crippen LogP contribution is -2.59. The number of hydrogen-bond acceptors (Lipinski definition) is 9. The SMILES string of the molecule is C=CC(=O)N1CN(C(=O)C=C)CN(C(=O)CCSCC(=O)CCOCCOCCN2C(=O)C=CC2=O)C1. The van der Waals surface area contributed by atoms with Crippen molar-refractivity contribution >= 4 is 47.1 Å². The summed E-state index contributed by atoms with van der Waals surface area (Å²) in [5.41, 5.74) is 0. The Morgan fingerprint density at radius 3 is 1.92 bits per heavy atom. The molecule has 12 nitrogen and oxygen atoms in total. The van der Waals surface area contributed by atoms with Crippen molar-refractivity contribution < 1.29 is 38.2 Å². The molecular weight excluding hydrogens is 504 g/mol. The summed E-state index contributed by atoms with van der Waals surface area (Å²) >= 11 is 1.33. The topological polar surface area (TPSA) is 134 Å². The number of hydrogen-bond donors (Lipinski definition) is 0. The maximum atomic E-state index is 12.6. The average molecular weight is 537 g/mol. The third-order valence-electron chi connectivity index (χ3n) is 5.33. The molecule has 0 aromatic rings. The first-order valence-corrected chi connectivity index (χ1v) is 12.8. The molecule has 0 spiro atoms. The van der Waals surface area contributed by atoms with E-state index in [0.29, 0.717) is 5.75 Å². The van der Waals surface area contributed by atoms with Gasteiger partial charge in [-0.15, -0.1) is 0 Å². The molecule has 0 unspecified atom stereocenters. The fraction of sp³-hybridized carbons (Fsp3) is 0.500. The van der Waals surface area contributed by atoms with Crippen LogP contribution in [0.4, 0.5) is 0 Å². The fourth-order valence-corrected chi connectivity index (χ4v) is 4.17. The van der Waals surface area contributed by atoms with Gasteiger partial charge in [0.25, 0.3) is 11.8 Å². The smallest absolute Gasteiger partial charge is 0.253 e. The Morgan fingerprint density at radius 1 is 0.811 bits per heavy atom. The molecule has 0 bridgehead atoms. The predicted molar refractivity (Wildman–Crippen MR) is 135 cm³/mol. The van der Waals surface area contributed by atoms with E-state index in [0.717, 1.165) is 17.1 Å². The molecule has 0 atom stereocenters. The number of ketones is 1. The molecule has 1 fully saturated rings. The maximum Gasteiger partial charge on any atom is 0.253 e. The minimum atomic E-state index is -0.388. The number of ether oxygens (including phenoxy) is 2. The van der Waals surface area contributed by atoms with E-state index >= 15 is 0 Å². The maximum absolute atomic E-state index is 12.6. The number of amides is 5. The van der Waals surface area contributed by atoms with Crippen LogP contribution >= 0.6 is 11.8 Å². The Bertz CT molecular complexity index is 892. The van der Waals surface area contributed by atoms with Crippen molar-refractivity contribution in [2.75, 3.05) is 64.5 Å². The molecule has 0 radical (unpaired) electrons. The van der Waals surface area contributed by atoms with E-state index in [-0.39, 0.29) is 107 Å². The first kappa shape index (κ1) is 29.9. The normalized spacial score (nSPS) is 15.4. The first-order valence-electron chi connectivity index (χ1n) is 11.7. The van der Waals surface area contributed by atoms with Crippen LogP contribution in [0.2, 0.25) is 0 Å². The van der Waals surface area contributed by atoms with Gasteiger partial charge < -0.3 is 24.2 Å². The monoisotopic (exact) mass is 536 g/mol. The standard InChI is InChI=1S/C24H32N4O8S/c1-3-20(30)25-16-26(21(31)4-2)18-27(17-25)22(32)8-14-37-15-19(29)7-10-35-12-13-36-11-9-28-23(33)5-6-24(28)34/h3-6H,1-2,7-18H2. The lowest BCUT2D eigenvalue weighted by Gasteiger charge is -2.41. The summed E-state index contributed by atoms with van der Waals surface area (Å²) in [5, 5.41) is 0. The highest BCUT2D eigenvalue weighted by Gasteiger charge is 2.30. The van der Waals surface area contributed by atoms with Crippen molar-refractivity contribution in [1.82, 2.24) is 19.6 Å². The number of thioether (sulfide) groups is 1. The van der Waals surface area contributed by atoms with Gasteiger partial charge >= 0.3 is 0 Å². The molecule has 2 aliphatic rings. The van der Waals surface area contributed by atoms with Crippen molar-refractivity contribution in [3.63, 3.8) is 0 Å². The Balaban J connectivity index is 1.54. The molecule has 13 heteroatoms. The van der Waals surface area contributed by atoms with E-state index in [1.165, 1.54) is 38.6 Å². The number of imide groups is 1. The van der Waals surface area contributed by atoms with Crippen molar-refractivity contribution in [2.45, 2.75) is 12.8 Å². The number of nitrogens with zero attached hydrogens (tertiary/aromatic N) is 4. The molecule has 2 heterocycles. The lowest BCUT2D eigenvalue weighted by molar-refractivity contribution is -0.154. The van der Waals surface area contributed by atoms with Crippen LogP contribution in [0.5, 0.6) is 0 Å². The van der Waals surface area contributed by atoms with Gasteiger partial charge in [-0.25, -0.2) is 0 Å². The quantitative estimate of drug-likeness (QED) is 0.149. The highest BCUT2D eigenvalue weighted by atomic mass is 32.2. The van der Waals surface area contributed by atoms with E-state index in [1.807, 2.05) is 0 Å². The largest absolute Gasteiger partial charge is 0.379 e. The van der Waals surface area contributed by atoms with Crippen molar-refractivity contribution in [3.8, 4) is 0 Å². The van der Waals surface area contributed by atoms with Gasteiger partial charge in [-0.05, 0) is 12.2 Å². The second kappa shape index (κ2) is 15.7. The van der Waals surface area contributed by atoms with Crippen LogP contribution in [0.1, 0.15) is 12.8 Å². The number of rotatable bonds is 16. The molecule has 2 aliphatic heterocycles. The number of Topliss-reactive ketones (excluding diaryl/α,β-unsaturated/α-hetero) is 1. The Kier molecular flexibility index (Phi) is 12.7. The molecule has 0 N–H and O–H groups in total. The molecule has 202 valence electrons. The van der Waals surface area contributed by atoms with E-state index in [4.69, 9.17) is 9.47 Å². The number of carbonyl (C=O) groups is 6. The highest BCUT2D eigenvalue weighted by molar-refractivity contribution is 7.99. The summed E-state index contributed by atoms with van der Waals surface area (Å²) in [5.74, 6) is -1.08. The minimum absolute atomic E-state index is 0.0135. The molecule has 5 amide bonds. The van der Waals surface area contributed by atoms with E-state index in [9.17, 15) is 28.8 Å². The van der Waals surface area contributed by atoms with Crippen LogP contribution in [0, 0.1) is 0 Å². The first-order chi connectivity index (χ1) is 17.8. The van der Waals surface area contributed by atoms with Crippen LogP contribution < -0.4 is 0 Å². The van der Waals surface area contributed by atoms with Crippen LogP contribution in [0.25, 0.3) is 0 Å². The van der Waals surface area contributed by atoms with Crippen LogP contribution in [0.15, 0.2) is 37.5 Å². The predicted octanol–water partition coefficient (Wildman–Crippen LogP) is -0.229. The summed E-state index contributed by atoms with van der Waals surface area (Å²) in [6, 6.07) is 0. The molecule has 1 saturated heterocycles. The zero-order valence-electron chi connectivity index (χ0n) is 20.7. The second-order valence-electron chi connectivity index (χ2n) is 8.00. The third-order valence-corrected chi connectivity index (χ3v) is 6.35. The molecule has 0 aromatic heterocycles. The summed E-state index contributed by atoms with van der Waals surface area (Å²) in [6.07, 6.45) is 5.08. The highest BCUT2D eigenvalue weighted by Crippen LogP contribution is 2.13. The molecule has 2 rings (SSSR count). The Morgan fingerprint density at radius 2 is 1.35 bits per heavy atom. The van der Waals surface area contributed by atoms with Gasteiger partial charge in [-0.1, -0.05) is 13.2 Å². The summed E-state index contributed by atoms with van der Waals surface area (Å²) in [6.45, 7) is 8.23. The van der Waals surface area contributed by atoms with Crippen LogP contribution in [0.3, 0.4) is 0 Å². The third kappa shape index (κ3) is 9.94. The number of carbonyl (C=O) groups excluding carboxylic acids is 6. The van der Waals surface area contributed by atoms with Crippen molar-refractivity contribution in [3.05, 3.63) is 37.5 Å². The van der Waals surface area contributed by atoms with Gasteiger partial charge in [0.1, 0.15) is 5.78 Å². The van der Waals surface area contributed by atoms with Gasteiger partial charge in [0.2, 0.25) is 17.7 Å². The van der Waals surface area contributed by atoms with Gasteiger partial charge in [-0.2, -0.15) is 11.8 Å². The van der Waals surface area contributed by atoms with E-state index < -0.39 is 0 Å². The second-order valence-corrected chi connectivity index (χ2v) is 9.10. The summed E-state index contributed by atoms with van der Waals surface area (Å²) in [7, 11) is 0. The Labute approximate surface area is 219 Å². The van der Waals surface area contributed by atoms with Crippen molar-refractivity contribution in [1.29, 1.82) is 0 Å². The van der Waals surface area contributed by atoms with Gasteiger partial charge in [-0.3, -0.25) is 33.7 Å². The molecule has 0 aromatic carbocycles. The van der Waals surface area contributed by atoms with Crippen LogP contribution in [-0.2, 0) is 38.2 Å². The lowest BCUT2D eigenvalue weighted by atomic mass is 10.3. The zero-order chi connectivity index (χ0) is 27.2. The summed E-state index contributed by atoms with van der Waals surface area (Å²) in [4.78, 5) is 76.6. The van der Waals surface area contributed by atoms with E-state index in [2.05, 4.69) is 13.2 Å². The fourth-order valence-electron chi connectivity index (χ4n) is 3.34. The molecule has 0 aliphatic carbocycles. The summed E-state index contributed by atoms with van der Waals surface area (Å²) < 4.78 is 10.7. The average Bonchev–Trinajstić information content (AvgIpc) is 3.23. The van der Waals surface area contributed by atoms with E-state index in [1.54, 1.807) is 0 Å². The Hall–Kier alpha value is -3.29. The van der Waals surface area contributed by atoms with Crippen LogP contribution in [-0.4, -0.2) is 119 Å². The molecule has 37 heavy (non-hydrogen) atoms. The molecular formula is C24H32N4O8S. The van der Waals surface area contributed by atoms with Gasteiger partial charge in [0, 0.05) is 30.7 Å². The minimum Gasteiger partial charge on any atom is -0.379 e.